The lowest BCUT2D eigenvalue weighted by atomic mass is 9.41. The molecule has 0 aliphatic heterocycles. The summed E-state index contributed by atoms with van der Waals surface area (Å²) in [4.78, 5) is 0. The van der Waals surface area contributed by atoms with Crippen molar-refractivity contribution in [1.82, 2.24) is 0 Å². The molecule has 31 heavy (non-hydrogen) atoms. The Labute approximate surface area is 191 Å². The fraction of sp³-hybridized carbons (Fsp3) is 0.929. The van der Waals surface area contributed by atoms with Gasteiger partial charge in [0.2, 0.25) is 0 Å². The summed E-state index contributed by atoms with van der Waals surface area (Å²) in [5.74, 6) is 3.23. The molecule has 0 aromatic heterocycles. The van der Waals surface area contributed by atoms with Gasteiger partial charge in [-0.25, -0.2) is 0 Å². The van der Waals surface area contributed by atoms with Crippen LogP contribution >= 0.6 is 0 Å². The van der Waals surface area contributed by atoms with Crippen LogP contribution in [0.25, 0.3) is 0 Å². The third kappa shape index (κ3) is 3.66. The van der Waals surface area contributed by atoms with E-state index in [4.69, 9.17) is 5.73 Å². The van der Waals surface area contributed by atoms with E-state index >= 15 is 0 Å². The van der Waals surface area contributed by atoms with Crippen molar-refractivity contribution < 1.29 is 10.2 Å². The monoisotopic (exact) mass is 431 g/mol. The van der Waals surface area contributed by atoms with Crippen LogP contribution in [-0.2, 0) is 0 Å². The van der Waals surface area contributed by atoms with E-state index in [1.165, 1.54) is 32.1 Å². The Balaban J connectivity index is 1.54. The number of hydrogen-bond acceptors (Lipinski definition) is 3. The number of nitrogens with two attached hydrogens (primary N) is 1. The second-order valence-electron chi connectivity index (χ2n) is 13.4. The van der Waals surface area contributed by atoms with Gasteiger partial charge in [-0.3, -0.25) is 0 Å². The summed E-state index contributed by atoms with van der Waals surface area (Å²) in [6, 6.07) is 0. The molecule has 4 saturated carbocycles. The molecule has 0 amide bonds. The Morgan fingerprint density at radius 1 is 1.06 bits per heavy atom. The smallest absolute Gasteiger partial charge is 0.0797 e. The molecule has 4 fully saturated rings. The van der Waals surface area contributed by atoms with Crippen LogP contribution in [0.4, 0.5) is 0 Å². The Hall–Kier alpha value is -0.380. The van der Waals surface area contributed by atoms with Crippen LogP contribution in [0.3, 0.4) is 0 Å². The van der Waals surface area contributed by atoms with Crippen molar-refractivity contribution in [3.63, 3.8) is 0 Å². The van der Waals surface area contributed by atoms with E-state index in [2.05, 4.69) is 27.4 Å². The highest BCUT2D eigenvalue weighted by atomic mass is 16.3. The topological polar surface area (TPSA) is 66.5 Å². The zero-order valence-electron chi connectivity index (χ0n) is 20.9. The summed E-state index contributed by atoms with van der Waals surface area (Å²) < 4.78 is 0. The molecule has 4 N–H and O–H groups in total. The molecule has 4 aliphatic rings. The largest absolute Gasteiger partial charge is 0.390 e. The van der Waals surface area contributed by atoms with Gasteiger partial charge in [-0.2, -0.15) is 0 Å². The van der Waals surface area contributed by atoms with Crippen LogP contribution in [0.2, 0.25) is 0 Å². The van der Waals surface area contributed by atoms with Gasteiger partial charge < -0.3 is 15.9 Å². The van der Waals surface area contributed by atoms with Gasteiger partial charge in [0.05, 0.1) is 11.2 Å². The van der Waals surface area contributed by atoms with Gasteiger partial charge in [-0.15, -0.1) is 6.58 Å². The van der Waals surface area contributed by atoms with Crippen molar-refractivity contribution in [3.05, 3.63) is 12.7 Å². The highest BCUT2D eigenvalue weighted by Crippen LogP contribution is 2.69. The minimum Gasteiger partial charge on any atom is -0.390 e. The molecular weight excluding hydrogens is 382 g/mol. The van der Waals surface area contributed by atoms with E-state index < -0.39 is 11.2 Å². The first-order valence-corrected chi connectivity index (χ1v) is 13.2. The first-order chi connectivity index (χ1) is 14.3. The number of hydrogen-bond donors (Lipinski definition) is 3. The van der Waals surface area contributed by atoms with Crippen molar-refractivity contribution in [2.45, 2.75) is 122 Å². The summed E-state index contributed by atoms with van der Waals surface area (Å²) in [5, 5.41) is 21.2. The van der Waals surface area contributed by atoms with Crippen LogP contribution in [0.15, 0.2) is 12.7 Å². The summed E-state index contributed by atoms with van der Waals surface area (Å²) in [7, 11) is 0. The van der Waals surface area contributed by atoms with Gasteiger partial charge in [0, 0.05) is 5.54 Å². The average Bonchev–Trinajstić information content (AvgIpc) is 2.98. The molecule has 0 aromatic carbocycles. The van der Waals surface area contributed by atoms with Crippen LogP contribution in [0.5, 0.6) is 0 Å². The Kier molecular flexibility index (Phi) is 5.80. The lowest BCUT2D eigenvalue weighted by Gasteiger charge is -2.65. The van der Waals surface area contributed by atoms with Gasteiger partial charge in [0.25, 0.3) is 0 Å². The van der Waals surface area contributed by atoms with Crippen molar-refractivity contribution in [1.29, 1.82) is 0 Å². The Bertz CT molecular complexity index is 701. The molecule has 3 nitrogen and oxygen atoms in total. The summed E-state index contributed by atoms with van der Waals surface area (Å²) in [5.41, 5.74) is 6.78. The Morgan fingerprint density at radius 2 is 1.77 bits per heavy atom. The highest BCUT2D eigenvalue weighted by Gasteiger charge is 2.66. The van der Waals surface area contributed by atoms with E-state index in [-0.39, 0.29) is 11.0 Å². The zero-order valence-corrected chi connectivity index (χ0v) is 20.9. The predicted octanol–water partition coefficient (Wildman–Crippen LogP) is 5.83. The van der Waals surface area contributed by atoms with Gasteiger partial charge in [0.1, 0.15) is 0 Å². The zero-order chi connectivity index (χ0) is 22.9. The molecule has 10 atom stereocenters. The summed E-state index contributed by atoms with van der Waals surface area (Å²) >= 11 is 0. The average molecular weight is 432 g/mol. The van der Waals surface area contributed by atoms with Gasteiger partial charge in [-0.1, -0.05) is 26.8 Å². The fourth-order valence-electron chi connectivity index (χ4n) is 9.28. The fourth-order valence-corrected chi connectivity index (χ4v) is 9.28. The standard InChI is InChI=1S/C28H49NO2/c1-7-24(3,30)13-10-19(2)21-12-15-28(29)23-9-8-20-18-25(4,31)16-17-26(20,5)22(23)11-14-27(21,28)6/h7,19-23,30-31H,1,8-18,29H2,2-6H3/t19-,20+,21-,22+,23-,24?,25+,26+,27-,28-/m1/s1. The molecule has 4 aliphatic carbocycles. The second-order valence-corrected chi connectivity index (χ2v) is 13.4. The molecule has 1 unspecified atom stereocenters. The van der Waals surface area contributed by atoms with Crippen LogP contribution < -0.4 is 5.73 Å². The Morgan fingerprint density at radius 3 is 2.45 bits per heavy atom. The number of fused-ring (bicyclic) bond motifs is 5. The van der Waals surface area contributed by atoms with E-state index in [1.54, 1.807) is 6.08 Å². The molecule has 0 radical (unpaired) electrons. The molecule has 0 heterocycles. The lowest BCUT2D eigenvalue weighted by Crippen LogP contribution is -2.67. The van der Waals surface area contributed by atoms with E-state index in [0.717, 1.165) is 44.4 Å². The van der Waals surface area contributed by atoms with Gasteiger partial charge >= 0.3 is 0 Å². The maximum Gasteiger partial charge on any atom is 0.0797 e. The van der Waals surface area contributed by atoms with Crippen LogP contribution in [0.1, 0.15) is 105 Å². The summed E-state index contributed by atoms with van der Waals surface area (Å²) in [6.07, 6.45) is 14.0. The maximum atomic E-state index is 10.7. The third-order valence-electron chi connectivity index (χ3n) is 11.6. The summed E-state index contributed by atoms with van der Waals surface area (Å²) in [6.45, 7) is 15.2. The van der Waals surface area contributed by atoms with Crippen LogP contribution in [0, 0.1) is 40.4 Å². The van der Waals surface area contributed by atoms with E-state index in [1.807, 2.05) is 13.8 Å². The van der Waals surface area contributed by atoms with E-state index in [9.17, 15) is 10.2 Å². The van der Waals surface area contributed by atoms with Gasteiger partial charge in [0.15, 0.2) is 0 Å². The highest BCUT2D eigenvalue weighted by molar-refractivity contribution is 5.19. The molecule has 178 valence electrons. The van der Waals surface area contributed by atoms with Crippen molar-refractivity contribution in [3.8, 4) is 0 Å². The number of rotatable bonds is 5. The van der Waals surface area contributed by atoms with Crippen molar-refractivity contribution in [2.75, 3.05) is 0 Å². The second kappa shape index (κ2) is 7.57. The maximum absolute atomic E-state index is 10.7. The molecule has 0 spiro atoms. The van der Waals surface area contributed by atoms with Crippen molar-refractivity contribution in [2.24, 2.45) is 46.2 Å². The quantitative estimate of drug-likeness (QED) is 0.480. The predicted molar refractivity (Wildman–Crippen MR) is 128 cm³/mol. The van der Waals surface area contributed by atoms with E-state index in [0.29, 0.717) is 29.1 Å². The van der Waals surface area contributed by atoms with Gasteiger partial charge in [-0.05, 0) is 125 Å². The molecular formula is C28H49NO2. The first kappa shape index (κ1) is 23.8. The first-order valence-electron chi connectivity index (χ1n) is 13.2. The molecule has 0 bridgehead atoms. The van der Waals surface area contributed by atoms with Crippen LogP contribution in [-0.4, -0.2) is 27.0 Å². The normalized spacial score (nSPS) is 52.4. The third-order valence-corrected chi connectivity index (χ3v) is 11.6. The number of aliphatic hydroxyl groups is 2. The SMILES string of the molecule is C=CC(C)(O)CC[C@@H](C)[C@H]1CC[C@@]2(N)[C@@H]3CC[C@H]4C[C@@](C)(O)CC[C@]4(C)[C@H]3CC[C@]12C. The van der Waals surface area contributed by atoms with Crippen molar-refractivity contribution >= 4 is 0 Å². The lowest BCUT2D eigenvalue weighted by molar-refractivity contribution is -0.154. The minimum absolute atomic E-state index is 0.0518. The minimum atomic E-state index is -0.763. The molecule has 0 saturated heterocycles. The molecule has 3 heteroatoms. The molecule has 4 rings (SSSR count). The molecule has 0 aromatic rings.